The molecule has 0 fully saturated rings. The molecule has 2 amide bonds. The summed E-state index contributed by atoms with van der Waals surface area (Å²) >= 11 is 5.35. The fourth-order valence-electron chi connectivity index (χ4n) is 2.77. The Balaban J connectivity index is 2.18. The molecule has 1 aliphatic rings. The molecular weight excluding hydrogens is 364 g/mol. The second-order valence-electron chi connectivity index (χ2n) is 6.29. The summed E-state index contributed by atoms with van der Waals surface area (Å²) in [6, 6.07) is 6.64. The maximum Gasteiger partial charge on any atom is 0.337 e. The van der Waals surface area contributed by atoms with E-state index in [9.17, 15) is 9.59 Å². The molecule has 7 nitrogen and oxygen atoms in total. The Bertz CT molecular complexity index is 746. The monoisotopic (exact) mass is 390 g/mol. The number of anilines is 1. The number of benzene rings is 1. The minimum atomic E-state index is -0.409. The Kier molecular flexibility index (Phi) is 7.18. The zero-order valence-corrected chi connectivity index (χ0v) is 16.9. The van der Waals surface area contributed by atoms with E-state index >= 15 is 0 Å². The lowest BCUT2D eigenvalue weighted by molar-refractivity contribution is -0.136. The van der Waals surface area contributed by atoms with E-state index in [-0.39, 0.29) is 6.03 Å². The van der Waals surface area contributed by atoms with Gasteiger partial charge in [0.1, 0.15) is 0 Å². The Morgan fingerprint density at radius 3 is 2.56 bits per heavy atom. The lowest BCUT2D eigenvalue weighted by Crippen LogP contribution is -2.46. The molecule has 0 spiro atoms. The number of ether oxygens (including phenoxy) is 1. The van der Waals surface area contributed by atoms with Gasteiger partial charge in [-0.05, 0) is 43.3 Å². The summed E-state index contributed by atoms with van der Waals surface area (Å²) in [5.74, 6) is -0.406. The van der Waals surface area contributed by atoms with Crippen LogP contribution < -0.4 is 16.0 Å². The third-order valence-electron chi connectivity index (χ3n) is 4.48. The van der Waals surface area contributed by atoms with Crippen LogP contribution >= 0.6 is 12.2 Å². The van der Waals surface area contributed by atoms with E-state index in [1.54, 1.807) is 24.1 Å². The fourth-order valence-corrected chi connectivity index (χ4v) is 3.03. The van der Waals surface area contributed by atoms with Gasteiger partial charge in [-0.1, -0.05) is 25.5 Å². The number of thiocarbonyl (C=S) groups is 1. The molecule has 1 heterocycles. The molecule has 8 heteroatoms. The second kappa shape index (κ2) is 9.36. The Labute approximate surface area is 165 Å². The molecule has 1 aromatic rings. The lowest BCUT2D eigenvalue weighted by Gasteiger charge is -2.35. The summed E-state index contributed by atoms with van der Waals surface area (Å²) in [6.07, 6.45) is 1.96. The molecule has 0 aliphatic carbocycles. The zero-order valence-electron chi connectivity index (χ0n) is 16.1. The van der Waals surface area contributed by atoms with Gasteiger partial charge in [0, 0.05) is 25.0 Å². The van der Waals surface area contributed by atoms with E-state index in [0.29, 0.717) is 22.9 Å². The molecule has 1 aromatic carbocycles. The molecule has 3 N–H and O–H groups in total. The fraction of sp³-hybridized carbons (Fsp3) is 0.421. The van der Waals surface area contributed by atoms with Crippen LogP contribution in [0.3, 0.4) is 0 Å². The van der Waals surface area contributed by atoms with Crippen molar-refractivity contribution in [3.8, 4) is 0 Å². The minimum absolute atomic E-state index is 0.235. The predicted octanol–water partition coefficient (Wildman–Crippen LogP) is 2.92. The zero-order chi connectivity index (χ0) is 20.0. The van der Waals surface area contributed by atoms with Gasteiger partial charge in [0.05, 0.1) is 18.7 Å². The van der Waals surface area contributed by atoms with Crippen molar-refractivity contribution < 1.29 is 14.3 Å². The molecule has 27 heavy (non-hydrogen) atoms. The van der Waals surface area contributed by atoms with Crippen molar-refractivity contribution in [2.75, 3.05) is 26.0 Å². The molecule has 146 valence electrons. The first-order chi connectivity index (χ1) is 12.9. The summed E-state index contributed by atoms with van der Waals surface area (Å²) in [5, 5.41) is 9.30. The van der Waals surface area contributed by atoms with Gasteiger partial charge < -0.3 is 25.6 Å². The first kappa shape index (κ1) is 20.7. The van der Waals surface area contributed by atoms with Gasteiger partial charge in [-0.15, -0.1) is 0 Å². The Hall–Kier alpha value is -2.61. The van der Waals surface area contributed by atoms with Crippen molar-refractivity contribution >= 4 is 35.0 Å². The van der Waals surface area contributed by atoms with Crippen molar-refractivity contribution in [3.63, 3.8) is 0 Å². The minimum Gasteiger partial charge on any atom is -0.466 e. The standard InChI is InChI=1S/C19H26N4O3S/c1-5-6-11-20-18(25)21-14-9-7-13(8-10-14)16-15(17(24)26-4)12(2)23(3)19(27)22-16/h7-10,16H,5-6,11H2,1-4H3,(H,22,27)(H2,20,21,25)/t16-/m1/s1. The number of esters is 1. The van der Waals surface area contributed by atoms with E-state index in [0.717, 1.165) is 24.1 Å². The largest absolute Gasteiger partial charge is 0.466 e. The van der Waals surface area contributed by atoms with Crippen molar-refractivity contribution in [1.82, 2.24) is 15.5 Å². The number of amides is 2. The number of nitrogens with zero attached hydrogens (tertiary/aromatic N) is 1. The number of carbonyl (C=O) groups excluding carboxylic acids is 2. The first-order valence-corrected chi connectivity index (χ1v) is 9.28. The topological polar surface area (TPSA) is 82.7 Å². The van der Waals surface area contributed by atoms with Crippen molar-refractivity contribution in [3.05, 3.63) is 41.1 Å². The van der Waals surface area contributed by atoms with Gasteiger partial charge in [0.2, 0.25) is 0 Å². The lowest BCUT2D eigenvalue weighted by atomic mass is 9.95. The molecule has 0 bridgehead atoms. The average Bonchev–Trinajstić information content (AvgIpc) is 2.66. The van der Waals surface area contributed by atoms with Crippen LogP contribution in [0.1, 0.15) is 38.3 Å². The van der Waals surface area contributed by atoms with Crippen LogP contribution in [0.4, 0.5) is 10.5 Å². The van der Waals surface area contributed by atoms with Crippen LogP contribution in [0.25, 0.3) is 0 Å². The average molecular weight is 391 g/mol. The SMILES string of the molecule is CCCCNC(=O)Nc1ccc([C@H]2NC(=S)N(C)C(C)=C2C(=O)OC)cc1. The number of unbranched alkanes of at least 4 members (excludes halogenated alkanes) is 1. The van der Waals surface area contributed by atoms with E-state index in [4.69, 9.17) is 17.0 Å². The molecule has 2 rings (SSSR count). The van der Waals surface area contributed by atoms with Crippen LogP contribution in [0.2, 0.25) is 0 Å². The number of rotatable bonds is 6. The number of hydrogen-bond acceptors (Lipinski definition) is 4. The van der Waals surface area contributed by atoms with Crippen LogP contribution in [0, 0.1) is 0 Å². The van der Waals surface area contributed by atoms with E-state index in [2.05, 4.69) is 22.9 Å². The van der Waals surface area contributed by atoms with E-state index < -0.39 is 12.0 Å². The first-order valence-electron chi connectivity index (χ1n) is 8.87. The summed E-state index contributed by atoms with van der Waals surface area (Å²) in [7, 11) is 3.16. The molecule has 0 radical (unpaired) electrons. The highest BCUT2D eigenvalue weighted by molar-refractivity contribution is 7.80. The van der Waals surface area contributed by atoms with Crippen molar-refractivity contribution in [2.45, 2.75) is 32.7 Å². The van der Waals surface area contributed by atoms with Gasteiger partial charge in [-0.3, -0.25) is 0 Å². The Morgan fingerprint density at radius 2 is 1.96 bits per heavy atom. The molecule has 0 saturated carbocycles. The third-order valence-corrected chi connectivity index (χ3v) is 4.87. The maximum absolute atomic E-state index is 12.3. The van der Waals surface area contributed by atoms with Gasteiger partial charge in [0.25, 0.3) is 0 Å². The summed E-state index contributed by atoms with van der Waals surface area (Å²) in [4.78, 5) is 25.9. The van der Waals surface area contributed by atoms with Gasteiger partial charge in [-0.2, -0.15) is 0 Å². The third kappa shape index (κ3) is 4.97. The van der Waals surface area contributed by atoms with Gasteiger partial charge in [-0.25, -0.2) is 9.59 Å². The highest BCUT2D eigenvalue weighted by Gasteiger charge is 2.33. The second-order valence-corrected chi connectivity index (χ2v) is 6.68. The number of methoxy groups -OCH3 is 1. The molecule has 0 saturated heterocycles. The molecular formula is C19H26N4O3S. The quantitative estimate of drug-likeness (QED) is 0.394. The van der Waals surface area contributed by atoms with Gasteiger partial charge >= 0.3 is 12.0 Å². The van der Waals surface area contributed by atoms with Crippen LogP contribution in [0.5, 0.6) is 0 Å². The number of hydrogen-bond donors (Lipinski definition) is 3. The Morgan fingerprint density at radius 1 is 1.30 bits per heavy atom. The normalized spacial score (nSPS) is 16.7. The number of allylic oxidation sites excluding steroid dienone is 1. The van der Waals surface area contributed by atoms with E-state index in [1.165, 1.54) is 7.11 Å². The molecule has 1 aliphatic heterocycles. The number of urea groups is 1. The molecule has 0 aromatic heterocycles. The van der Waals surface area contributed by atoms with Crippen LogP contribution in [0.15, 0.2) is 35.5 Å². The van der Waals surface area contributed by atoms with Gasteiger partial charge in [0.15, 0.2) is 5.11 Å². The van der Waals surface area contributed by atoms with E-state index in [1.807, 2.05) is 19.1 Å². The highest BCUT2D eigenvalue weighted by Crippen LogP contribution is 2.31. The summed E-state index contributed by atoms with van der Waals surface area (Å²) in [6.45, 7) is 4.55. The molecule has 1 atom stereocenters. The van der Waals surface area contributed by atoms with Crippen LogP contribution in [-0.4, -0.2) is 42.7 Å². The summed E-state index contributed by atoms with van der Waals surface area (Å²) < 4.78 is 4.95. The number of carbonyl (C=O) groups is 2. The predicted molar refractivity (Wildman–Crippen MR) is 109 cm³/mol. The van der Waals surface area contributed by atoms with Crippen molar-refractivity contribution in [2.24, 2.45) is 0 Å². The maximum atomic E-state index is 12.3. The van der Waals surface area contributed by atoms with Crippen molar-refractivity contribution in [1.29, 1.82) is 0 Å². The smallest absolute Gasteiger partial charge is 0.337 e. The molecule has 0 unspecified atom stereocenters. The summed E-state index contributed by atoms with van der Waals surface area (Å²) in [5.41, 5.74) is 2.77. The van der Waals surface area contributed by atoms with Crippen LogP contribution in [-0.2, 0) is 9.53 Å². The highest BCUT2D eigenvalue weighted by atomic mass is 32.1. The number of nitrogens with one attached hydrogen (secondary N) is 3.